The van der Waals surface area contributed by atoms with E-state index in [1.165, 1.54) is 11.1 Å². The number of hydrogen-bond acceptors (Lipinski definition) is 1. The van der Waals surface area contributed by atoms with E-state index in [1.807, 2.05) is 36.4 Å². The molecule has 98 valence electrons. The monoisotopic (exact) mass is 272 g/mol. The summed E-state index contributed by atoms with van der Waals surface area (Å²) < 4.78 is 0. The third-order valence-electron chi connectivity index (χ3n) is 3.25. The van der Waals surface area contributed by atoms with E-state index in [-0.39, 0.29) is 5.78 Å². The summed E-state index contributed by atoms with van der Waals surface area (Å²) in [6.45, 7) is 2.08. The molecule has 1 nitrogen and oxygen atoms in total. The average Bonchev–Trinajstić information content (AvgIpc) is 2.40. The van der Waals surface area contributed by atoms with Crippen molar-refractivity contribution in [2.75, 3.05) is 0 Å². The van der Waals surface area contributed by atoms with Gasteiger partial charge in [-0.1, -0.05) is 48.0 Å². The maximum absolute atomic E-state index is 11.9. The normalized spacial score (nSPS) is 10.4. The lowest BCUT2D eigenvalue weighted by atomic mass is 10.00. The van der Waals surface area contributed by atoms with Crippen molar-refractivity contribution in [2.24, 2.45) is 0 Å². The molecule has 0 aliphatic rings. The smallest absolute Gasteiger partial charge is 0.137 e. The van der Waals surface area contributed by atoms with Gasteiger partial charge in [0, 0.05) is 17.9 Å². The van der Waals surface area contributed by atoms with Crippen LogP contribution in [0.2, 0.25) is 5.02 Å². The molecule has 0 radical (unpaired) electrons. The molecule has 0 spiro atoms. The van der Waals surface area contributed by atoms with Crippen molar-refractivity contribution < 1.29 is 4.79 Å². The summed E-state index contributed by atoms with van der Waals surface area (Å²) in [4.78, 5) is 11.9. The van der Waals surface area contributed by atoms with Gasteiger partial charge in [-0.05, 0) is 42.2 Å². The predicted molar refractivity (Wildman–Crippen MR) is 79.7 cm³/mol. The molecule has 2 aromatic rings. The molecule has 0 aliphatic heterocycles. The van der Waals surface area contributed by atoms with Gasteiger partial charge < -0.3 is 0 Å². The lowest BCUT2D eigenvalue weighted by Crippen LogP contribution is -2.04. The fourth-order valence-electron chi connectivity index (χ4n) is 2.08. The van der Waals surface area contributed by atoms with E-state index in [2.05, 4.69) is 19.1 Å². The molecule has 0 heterocycles. The molecule has 0 amide bonds. The second-order valence-electron chi connectivity index (χ2n) is 4.77. The van der Waals surface area contributed by atoms with Gasteiger partial charge in [0.15, 0.2) is 0 Å². The zero-order valence-corrected chi connectivity index (χ0v) is 11.8. The minimum absolute atomic E-state index is 0.269. The minimum atomic E-state index is 0.269. The van der Waals surface area contributed by atoms with Crippen molar-refractivity contribution in [3.05, 3.63) is 70.2 Å². The van der Waals surface area contributed by atoms with Gasteiger partial charge in [-0.3, -0.25) is 4.79 Å². The van der Waals surface area contributed by atoms with Crippen molar-refractivity contribution in [3.63, 3.8) is 0 Å². The first-order valence-electron chi connectivity index (χ1n) is 6.46. The lowest BCUT2D eigenvalue weighted by molar-refractivity contribution is -0.118. The first-order valence-corrected chi connectivity index (χ1v) is 6.83. The first-order chi connectivity index (χ1) is 9.15. The number of hydrogen-bond donors (Lipinski definition) is 0. The summed E-state index contributed by atoms with van der Waals surface area (Å²) in [7, 11) is 0. The average molecular weight is 273 g/mol. The SMILES string of the molecule is Cc1ccccc1CCC(=O)Cc1ccc(Cl)cc1. The molecule has 19 heavy (non-hydrogen) atoms. The second-order valence-corrected chi connectivity index (χ2v) is 5.20. The summed E-state index contributed by atoms with van der Waals surface area (Å²) in [5.41, 5.74) is 3.54. The number of aryl methyl sites for hydroxylation is 2. The van der Waals surface area contributed by atoms with Crippen LogP contribution in [-0.4, -0.2) is 5.78 Å². The van der Waals surface area contributed by atoms with Crippen molar-refractivity contribution in [3.8, 4) is 0 Å². The Morgan fingerprint density at radius 3 is 2.42 bits per heavy atom. The van der Waals surface area contributed by atoms with Crippen molar-refractivity contribution >= 4 is 17.4 Å². The Kier molecular flexibility index (Phi) is 4.75. The highest BCUT2D eigenvalue weighted by Crippen LogP contribution is 2.13. The van der Waals surface area contributed by atoms with E-state index in [9.17, 15) is 4.79 Å². The van der Waals surface area contributed by atoms with Gasteiger partial charge in [-0.15, -0.1) is 0 Å². The van der Waals surface area contributed by atoms with Crippen LogP contribution in [0, 0.1) is 6.92 Å². The summed E-state index contributed by atoms with van der Waals surface area (Å²) >= 11 is 5.82. The van der Waals surface area contributed by atoms with Crippen LogP contribution in [0.3, 0.4) is 0 Å². The maximum Gasteiger partial charge on any atom is 0.137 e. The van der Waals surface area contributed by atoms with E-state index in [0.717, 1.165) is 12.0 Å². The molecule has 0 aliphatic carbocycles. The van der Waals surface area contributed by atoms with Gasteiger partial charge in [0.1, 0.15) is 5.78 Å². The number of Topliss-reactive ketones (excluding diaryl/α,β-unsaturated/α-hetero) is 1. The maximum atomic E-state index is 11.9. The zero-order valence-electron chi connectivity index (χ0n) is 11.0. The van der Waals surface area contributed by atoms with Crippen LogP contribution in [0.25, 0.3) is 0 Å². The fourth-order valence-corrected chi connectivity index (χ4v) is 2.21. The van der Waals surface area contributed by atoms with E-state index in [4.69, 9.17) is 11.6 Å². The van der Waals surface area contributed by atoms with Crippen LogP contribution in [0.1, 0.15) is 23.1 Å². The Balaban J connectivity index is 1.88. The molecule has 0 unspecified atom stereocenters. The Morgan fingerprint density at radius 2 is 1.74 bits per heavy atom. The minimum Gasteiger partial charge on any atom is -0.299 e. The van der Waals surface area contributed by atoms with Crippen molar-refractivity contribution in [1.29, 1.82) is 0 Å². The summed E-state index contributed by atoms with van der Waals surface area (Å²) in [6, 6.07) is 15.7. The first kappa shape index (κ1) is 13.8. The van der Waals surface area contributed by atoms with E-state index in [0.29, 0.717) is 17.9 Å². The Morgan fingerprint density at radius 1 is 1.05 bits per heavy atom. The molecular formula is C17H17ClO. The number of benzene rings is 2. The van der Waals surface area contributed by atoms with Crippen LogP contribution < -0.4 is 0 Å². The fraction of sp³-hybridized carbons (Fsp3) is 0.235. The Hall–Kier alpha value is -1.60. The number of carbonyl (C=O) groups excluding carboxylic acids is 1. The van der Waals surface area contributed by atoms with Crippen LogP contribution in [0.4, 0.5) is 0 Å². The quantitative estimate of drug-likeness (QED) is 0.789. The van der Waals surface area contributed by atoms with Gasteiger partial charge in [-0.2, -0.15) is 0 Å². The summed E-state index contributed by atoms with van der Waals surface area (Å²) in [6.07, 6.45) is 1.90. The Labute approximate surface area is 119 Å². The van der Waals surface area contributed by atoms with E-state index in [1.54, 1.807) is 0 Å². The summed E-state index contributed by atoms with van der Waals surface area (Å²) in [5.74, 6) is 0.269. The highest BCUT2D eigenvalue weighted by molar-refractivity contribution is 6.30. The second kappa shape index (κ2) is 6.53. The van der Waals surface area contributed by atoms with Gasteiger partial charge in [0.2, 0.25) is 0 Å². The molecule has 0 fully saturated rings. The third-order valence-corrected chi connectivity index (χ3v) is 3.50. The highest BCUT2D eigenvalue weighted by Gasteiger charge is 2.05. The van der Waals surface area contributed by atoms with E-state index >= 15 is 0 Å². The van der Waals surface area contributed by atoms with Crippen LogP contribution in [0.5, 0.6) is 0 Å². The molecule has 0 aromatic heterocycles. The third kappa shape index (κ3) is 4.22. The summed E-state index contributed by atoms with van der Waals surface area (Å²) in [5, 5.41) is 0.705. The molecule has 0 N–H and O–H groups in total. The standard InChI is InChI=1S/C17H17ClO/c1-13-4-2-3-5-15(13)8-11-17(19)12-14-6-9-16(18)10-7-14/h2-7,9-10H,8,11-12H2,1H3. The molecule has 0 bridgehead atoms. The molecule has 0 saturated heterocycles. The number of halogens is 1. The van der Waals surface area contributed by atoms with Gasteiger partial charge in [0.05, 0.1) is 0 Å². The van der Waals surface area contributed by atoms with Crippen LogP contribution in [0.15, 0.2) is 48.5 Å². The molecule has 2 aromatic carbocycles. The van der Waals surface area contributed by atoms with Gasteiger partial charge in [0.25, 0.3) is 0 Å². The number of carbonyl (C=O) groups is 1. The van der Waals surface area contributed by atoms with Crippen molar-refractivity contribution in [1.82, 2.24) is 0 Å². The van der Waals surface area contributed by atoms with Gasteiger partial charge >= 0.3 is 0 Å². The van der Waals surface area contributed by atoms with Crippen LogP contribution >= 0.6 is 11.6 Å². The molecule has 0 atom stereocenters. The predicted octanol–water partition coefficient (Wildman–Crippen LogP) is 4.39. The number of rotatable bonds is 5. The Bertz CT molecular complexity index is 558. The zero-order chi connectivity index (χ0) is 13.7. The van der Waals surface area contributed by atoms with Crippen molar-refractivity contribution in [2.45, 2.75) is 26.2 Å². The largest absolute Gasteiger partial charge is 0.299 e. The molecule has 2 rings (SSSR count). The molecular weight excluding hydrogens is 256 g/mol. The van der Waals surface area contributed by atoms with Crippen LogP contribution in [-0.2, 0) is 17.6 Å². The van der Waals surface area contributed by atoms with E-state index < -0.39 is 0 Å². The topological polar surface area (TPSA) is 17.1 Å². The lowest BCUT2D eigenvalue weighted by Gasteiger charge is -2.05. The molecule has 2 heteroatoms. The van der Waals surface area contributed by atoms with Gasteiger partial charge in [-0.25, -0.2) is 0 Å². The number of ketones is 1. The molecule has 0 saturated carbocycles. The highest BCUT2D eigenvalue weighted by atomic mass is 35.5.